The Morgan fingerprint density at radius 3 is 2.54 bits per heavy atom. The van der Waals surface area contributed by atoms with Gasteiger partial charge in [-0.2, -0.15) is 0 Å². The van der Waals surface area contributed by atoms with Crippen LogP contribution in [0.15, 0.2) is 54.7 Å². The average Bonchev–Trinajstić information content (AvgIpc) is 3.04. The van der Waals surface area contributed by atoms with E-state index in [1.807, 2.05) is 53.1 Å². The summed E-state index contributed by atoms with van der Waals surface area (Å²) in [6.07, 6.45) is 2.62. The highest BCUT2D eigenvalue weighted by Crippen LogP contribution is 2.27. The topological polar surface area (TPSA) is 57.5 Å². The fraction of sp³-hybridized carbons (Fsp3) is 0.238. The van der Waals surface area contributed by atoms with Crippen LogP contribution in [0.25, 0.3) is 10.9 Å². The third-order valence-electron chi connectivity index (χ3n) is 4.18. The highest BCUT2D eigenvalue weighted by atomic mass is 16.5. The molecule has 0 fully saturated rings. The molecular formula is C21H21NO4. The van der Waals surface area contributed by atoms with Crippen LogP contribution in [0, 0.1) is 0 Å². The smallest absolute Gasteiger partial charge is 0.379 e. The van der Waals surface area contributed by atoms with Crippen LogP contribution in [0.2, 0.25) is 0 Å². The second-order valence-electron chi connectivity index (χ2n) is 6.01. The number of rotatable bonds is 7. The van der Waals surface area contributed by atoms with Crippen molar-refractivity contribution in [3.05, 3.63) is 65.9 Å². The summed E-state index contributed by atoms with van der Waals surface area (Å²) in [5, 5.41) is 0.723. The summed E-state index contributed by atoms with van der Waals surface area (Å²) in [5.41, 5.74) is 2.30. The molecule has 0 saturated carbocycles. The molecule has 1 aromatic heterocycles. The zero-order chi connectivity index (χ0) is 18.5. The van der Waals surface area contributed by atoms with Crippen molar-refractivity contribution in [2.45, 2.75) is 26.5 Å². The Kier molecular flexibility index (Phi) is 5.37. The van der Waals surface area contributed by atoms with E-state index in [1.54, 1.807) is 6.20 Å². The van der Waals surface area contributed by atoms with Gasteiger partial charge in [-0.25, -0.2) is 4.79 Å². The fourth-order valence-electron chi connectivity index (χ4n) is 2.91. The SMILES string of the molecule is CCCn1cc(C(=O)C(=O)OC)c2ccc(OCc3ccccc3)cc21. The normalized spacial score (nSPS) is 10.7. The van der Waals surface area contributed by atoms with Gasteiger partial charge in [-0.05, 0) is 24.1 Å². The molecule has 0 bridgehead atoms. The van der Waals surface area contributed by atoms with E-state index in [-0.39, 0.29) is 0 Å². The van der Waals surface area contributed by atoms with E-state index < -0.39 is 11.8 Å². The van der Waals surface area contributed by atoms with Gasteiger partial charge in [0, 0.05) is 24.2 Å². The first-order valence-corrected chi connectivity index (χ1v) is 8.56. The summed E-state index contributed by atoms with van der Waals surface area (Å²) in [4.78, 5) is 23.9. The van der Waals surface area contributed by atoms with E-state index >= 15 is 0 Å². The van der Waals surface area contributed by atoms with Gasteiger partial charge in [0.15, 0.2) is 0 Å². The molecule has 0 aliphatic heterocycles. The number of fused-ring (bicyclic) bond motifs is 1. The predicted octanol–water partition coefficient (Wildman–Crippen LogP) is 3.99. The van der Waals surface area contributed by atoms with Gasteiger partial charge in [-0.1, -0.05) is 37.3 Å². The molecule has 134 valence electrons. The zero-order valence-corrected chi connectivity index (χ0v) is 14.9. The van der Waals surface area contributed by atoms with Crippen LogP contribution in [0.5, 0.6) is 5.75 Å². The number of ether oxygens (including phenoxy) is 2. The third kappa shape index (κ3) is 3.61. The summed E-state index contributed by atoms with van der Waals surface area (Å²) in [6, 6.07) is 15.5. The number of carbonyl (C=O) groups is 2. The van der Waals surface area contributed by atoms with Crippen molar-refractivity contribution in [3.8, 4) is 5.75 Å². The number of hydrogen-bond acceptors (Lipinski definition) is 4. The van der Waals surface area contributed by atoms with Gasteiger partial charge < -0.3 is 14.0 Å². The van der Waals surface area contributed by atoms with E-state index in [4.69, 9.17) is 4.74 Å². The molecule has 5 nitrogen and oxygen atoms in total. The number of aryl methyl sites for hydroxylation is 1. The molecule has 0 aliphatic rings. The lowest BCUT2D eigenvalue weighted by atomic mass is 10.1. The Hall–Kier alpha value is -3.08. The molecule has 26 heavy (non-hydrogen) atoms. The maximum atomic E-state index is 12.3. The first kappa shape index (κ1) is 17.7. The fourth-order valence-corrected chi connectivity index (χ4v) is 2.91. The van der Waals surface area contributed by atoms with Gasteiger partial charge >= 0.3 is 5.97 Å². The van der Waals surface area contributed by atoms with Gasteiger partial charge in [-0.15, -0.1) is 0 Å². The zero-order valence-electron chi connectivity index (χ0n) is 14.9. The summed E-state index contributed by atoms with van der Waals surface area (Å²) in [6.45, 7) is 3.27. The van der Waals surface area contributed by atoms with E-state index in [1.165, 1.54) is 7.11 Å². The molecule has 0 unspecified atom stereocenters. The van der Waals surface area contributed by atoms with E-state index in [9.17, 15) is 9.59 Å². The van der Waals surface area contributed by atoms with Crippen molar-refractivity contribution in [1.82, 2.24) is 4.57 Å². The first-order chi connectivity index (χ1) is 12.6. The predicted molar refractivity (Wildman–Crippen MR) is 99.3 cm³/mol. The first-order valence-electron chi connectivity index (χ1n) is 8.56. The Labute approximate surface area is 152 Å². The standard InChI is InChI=1S/C21H21NO4/c1-3-11-22-13-18(20(23)21(24)25-2)17-10-9-16(12-19(17)22)26-14-15-7-5-4-6-8-15/h4-10,12-13H,3,11,14H2,1-2H3. The molecule has 0 saturated heterocycles. The van der Waals surface area contributed by atoms with Crippen molar-refractivity contribution < 1.29 is 19.1 Å². The Bertz CT molecular complexity index is 928. The third-order valence-corrected chi connectivity index (χ3v) is 4.18. The van der Waals surface area contributed by atoms with E-state index in [0.717, 1.165) is 29.4 Å². The number of ketones is 1. The number of methoxy groups -OCH3 is 1. The van der Waals surface area contributed by atoms with Crippen molar-refractivity contribution in [2.24, 2.45) is 0 Å². The molecule has 0 amide bonds. The monoisotopic (exact) mass is 351 g/mol. The number of carbonyl (C=O) groups excluding carboxylic acids is 2. The number of Topliss-reactive ketones (excluding diaryl/α,β-unsaturated/α-hetero) is 1. The van der Waals surface area contributed by atoms with Crippen molar-refractivity contribution in [3.63, 3.8) is 0 Å². The Morgan fingerprint density at radius 2 is 1.85 bits per heavy atom. The molecule has 0 spiro atoms. The largest absolute Gasteiger partial charge is 0.489 e. The number of nitrogens with zero attached hydrogens (tertiary/aromatic N) is 1. The summed E-state index contributed by atoms with van der Waals surface area (Å²) in [7, 11) is 1.21. The van der Waals surface area contributed by atoms with Crippen LogP contribution in [-0.4, -0.2) is 23.4 Å². The van der Waals surface area contributed by atoms with Gasteiger partial charge in [0.1, 0.15) is 12.4 Å². The van der Waals surface area contributed by atoms with Crippen LogP contribution in [0.4, 0.5) is 0 Å². The summed E-state index contributed by atoms with van der Waals surface area (Å²) >= 11 is 0. The molecule has 0 N–H and O–H groups in total. The van der Waals surface area contributed by atoms with Crippen LogP contribution < -0.4 is 4.74 Å². The van der Waals surface area contributed by atoms with Crippen molar-refractivity contribution in [2.75, 3.05) is 7.11 Å². The van der Waals surface area contributed by atoms with Crippen LogP contribution in [0.1, 0.15) is 29.3 Å². The minimum absolute atomic E-state index is 0.356. The van der Waals surface area contributed by atoms with Gasteiger partial charge in [0.2, 0.25) is 0 Å². The van der Waals surface area contributed by atoms with Crippen molar-refractivity contribution >= 4 is 22.7 Å². The lowest BCUT2D eigenvalue weighted by molar-refractivity contribution is -0.135. The van der Waals surface area contributed by atoms with E-state index in [0.29, 0.717) is 17.9 Å². The molecular weight excluding hydrogens is 330 g/mol. The maximum absolute atomic E-state index is 12.3. The molecule has 3 rings (SSSR count). The lowest BCUT2D eigenvalue weighted by Gasteiger charge is -2.08. The molecule has 0 atom stereocenters. The summed E-state index contributed by atoms with van der Waals surface area (Å²) in [5.74, 6) is -0.774. The number of esters is 1. The highest BCUT2D eigenvalue weighted by Gasteiger charge is 2.22. The van der Waals surface area contributed by atoms with Crippen LogP contribution in [0.3, 0.4) is 0 Å². The Morgan fingerprint density at radius 1 is 1.08 bits per heavy atom. The number of benzene rings is 2. The average molecular weight is 351 g/mol. The molecule has 2 aromatic carbocycles. The maximum Gasteiger partial charge on any atom is 0.379 e. The van der Waals surface area contributed by atoms with Gasteiger partial charge in [0.25, 0.3) is 5.78 Å². The molecule has 1 heterocycles. The highest BCUT2D eigenvalue weighted by molar-refractivity contribution is 6.43. The number of aromatic nitrogens is 1. The lowest BCUT2D eigenvalue weighted by Crippen LogP contribution is -2.15. The number of hydrogen-bond donors (Lipinski definition) is 0. The van der Waals surface area contributed by atoms with Crippen LogP contribution in [-0.2, 0) is 22.7 Å². The van der Waals surface area contributed by atoms with Crippen LogP contribution >= 0.6 is 0 Å². The minimum atomic E-state index is -0.857. The Balaban J connectivity index is 1.93. The second kappa shape index (κ2) is 7.87. The van der Waals surface area contributed by atoms with E-state index in [2.05, 4.69) is 11.7 Å². The van der Waals surface area contributed by atoms with Gasteiger partial charge in [0.05, 0.1) is 18.2 Å². The van der Waals surface area contributed by atoms with Crippen molar-refractivity contribution in [1.29, 1.82) is 0 Å². The summed E-state index contributed by atoms with van der Waals surface area (Å²) < 4.78 is 12.4. The molecule has 3 aromatic rings. The molecule has 0 aliphatic carbocycles. The quantitative estimate of drug-likeness (QED) is 0.367. The minimum Gasteiger partial charge on any atom is -0.489 e. The molecule has 5 heteroatoms. The molecule has 0 radical (unpaired) electrons. The second-order valence-corrected chi connectivity index (χ2v) is 6.01. The van der Waals surface area contributed by atoms with Gasteiger partial charge in [-0.3, -0.25) is 4.79 Å².